The third-order valence-electron chi connectivity index (χ3n) is 3.85. The van der Waals surface area contributed by atoms with E-state index in [1.54, 1.807) is 0 Å². The number of hydrogen-bond donors (Lipinski definition) is 1. The summed E-state index contributed by atoms with van der Waals surface area (Å²) < 4.78 is 3.25. The van der Waals surface area contributed by atoms with Crippen LogP contribution < -0.4 is 5.32 Å². The van der Waals surface area contributed by atoms with Crippen LogP contribution in [0, 0.1) is 11.8 Å². The molecule has 1 aliphatic carbocycles. The maximum atomic E-state index is 4.36. The predicted octanol–water partition coefficient (Wildman–Crippen LogP) is 3.07. The monoisotopic (exact) mass is 454 g/mol. The standard InChI is InChI=1S/C14H23BrN4.HI/c1-10-5-11(10)7-17-14(16-2)19(4)9-13-6-12(15)8-18(13)3;/h6,8,10-11H,5,7,9H2,1-4H3,(H,16,17);1H. The maximum absolute atomic E-state index is 4.36. The number of aryl methyl sites for hydroxylation is 1. The summed E-state index contributed by atoms with van der Waals surface area (Å²) in [6.45, 7) is 4.19. The summed E-state index contributed by atoms with van der Waals surface area (Å²) in [6.07, 6.45) is 3.42. The first-order valence-corrected chi connectivity index (χ1v) is 7.53. The van der Waals surface area contributed by atoms with Crippen molar-refractivity contribution >= 4 is 45.9 Å². The van der Waals surface area contributed by atoms with Crippen molar-refractivity contribution < 1.29 is 0 Å². The fourth-order valence-corrected chi connectivity index (χ4v) is 2.90. The van der Waals surface area contributed by atoms with Gasteiger partial charge in [0, 0.05) is 44.1 Å². The summed E-state index contributed by atoms with van der Waals surface area (Å²) in [4.78, 5) is 6.52. The van der Waals surface area contributed by atoms with E-state index in [1.807, 2.05) is 7.05 Å². The van der Waals surface area contributed by atoms with Crippen LogP contribution in [0.3, 0.4) is 0 Å². The molecule has 0 spiro atoms. The summed E-state index contributed by atoms with van der Waals surface area (Å²) in [5.41, 5.74) is 1.26. The van der Waals surface area contributed by atoms with E-state index >= 15 is 0 Å². The summed E-state index contributed by atoms with van der Waals surface area (Å²) in [6, 6.07) is 2.15. The molecule has 0 aromatic carbocycles. The Kier molecular flexibility index (Phi) is 6.84. The average molecular weight is 455 g/mol. The zero-order valence-corrected chi connectivity index (χ0v) is 16.5. The lowest BCUT2D eigenvalue weighted by Crippen LogP contribution is -2.39. The van der Waals surface area contributed by atoms with Crippen LogP contribution in [-0.4, -0.2) is 36.1 Å². The van der Waals surface area contributed by atoms with E-state index in [0.29, 0.717) is 0 Å². The molecule has 1 fully saturated rings. The summed E-state index contributed by atoms with van der Waals surface area (Å²) in [7, 11) is 5.98. The van der Waals surface area contributed by atoms with Crippen LogP contribution in [0.5, 0.6) is 0 Å². The van der Waals surface area contributed by atoms with Crippen molar-refractivity contribution in [1.82, 2.24) is 14.8 Å². The molecule has 6 heteroatoms. The van der Waals surface area contributed by atoms with Crippen LogP contribution in [-0.2, 0) is 13.6 Å². The third kappa shape index (κ3) is 4.65. The number of hydrogen-bond acceptors (Lipinski definition) is 1. The Bertz CT molecular complexity index is 472. The van der Waals surface area contributed by atoms with E-state index in [2.05, 4.69) is 69.0 Å². The quantitative estimate of drug-likeness (QED) is 0.430. The van der Waals surface area contributed by atoms with Gasteiger partial charge in [-0.25, -0.2) is 0 Å². The SMILES string of the molecule is CN=C(NCC1CC1C)N(C)Cc1cc(Br)cn1C.I. The molecule has 2 unspecified atom stereocenters. The fourth-order valence-electron chi connectivity index (χ4n) is 2.33. The van der Waals surface area contributed by atoms with Gasteiger partial charge < -0.3 is 14.8 Å². The van der Waals surface area contributed by atoms with Crippen LogP contribution >= 0.6 is 39.9 Å². The minimum Gasteiger partial charge on any atom is -0.356 e. The van der Waals surface area contributed by atoms with E-state index in [9.17, 15) is 0 Å². The molecule has 2 atom stereocenters. The molecule has 1 aromatic rings. The topological polar surface area (TPSA) is 32.6 Å². The predicted molar refractivity (Wildman–Crippen MR) is 98.6 cm³/mol. The molecule has 1 aromatic heterocycles. The van der Waals surface area contributed by atoms with Crippen LogP contribution in [0.4, 0.5) is 0 Å². The van der Waals surface area contributed by atoms with Crippen LogP contribution in [0.2, 0.25) is 0 Å². The lowest BCUT2D eigenvalue weighted by molar-refractivity contribution is 0.459. The number of nitrogens with zero attached hydrogens (tertiary/aromatic N) is 3. The van der Waals surface area contributed by atoms with E-state index in [4.69, 9.17) is 0 Å². The van der Waals surface area contributed by atoms with Gasteiger partial charge in [-0.05, 0) is 40.3 Å². The van der Waals surface area contributed by atoms with E-state index < -0.39 is 0 Å². The molecule has 1 N–H and O–H groups in total. The minimum atomic E-state index is 0. The van der Waals surface area contributed by atoms with Gasteiger partial charge in [-0.3, -0.25) is 4.99 Å². The Hall–Kier alpha value is -0.240. The second kappa shape index (κ2) is 7.68. The highest BCUT2D eigenvalue weighted by molar-refractivity contribution is 14.0. The Morgan fingerprint density at radius 2 is 2.25 bits per heavy atom. The number of aromatic nitrogens is 1. The van der Waals surface area contributed by atoms with Gasteiger partial charge in [0.25, 0.3) is 0 Å². The van der Waals surface area contributed by atoms with Crippen molar-refractivity contribution in [2.75, 3.05) is 20.6 Å². The van der Waals surface area contributed by atoms with Crippen LogP contribution in [0.1, 0.15) is 19.0 Å². The highest BCUT2D eigenvalue weighted by Crippen LogP contribution is 2.36. The van der Waals surface area contributed by atoms with Gasteiger partial charge in [0.15, 0.2) is 5.96 Å². The lowest BCUT2D eigenvalue weighted by atomic mass is 10.3. The highest BCUT2D eigenvalue weighted by Gasteiger charge is 2.32. The van der Waals surface area contributed by atoms with Crippen molar-refractivity contribution in [3.63, 3.8) is 0 Å². The molecule has 1 aliphatic rings. The number of guanidine groups is 1. The number of halogens is 2. The zero-order valence-electron chi connectivity index (χ0n) is 12.6. The van der Waals surface area contributed by atoms with Gasteiger partial charge in [0.2, 0.25) is 0 Å². The average Bonchev–Trinajstić information content (AvgIpc) is 2.95. The Labute approximate surface area is 147 Å². The molecule has 114 valence electrons. The molecule has 2 rings (SSSR count). The molecule has 0 amide bonds. The van der Waals surface area contributed by atoms with Gasteiger partial charge in [-0.15, -0.1) is 24.0 Å². The molecule has 0 bridgehead atoms. The highest BCUT2D eigenvalue weighted by atomic mass is 127. The minimum absolute atomic E-state index is 0. The molecule has 20 heavy (non-hydrogen) atoms. The Balaban J connectivity index is 0.00000200. The van der Waals surface area contributed by atoms with E-state index in [0.717, 1.165) is 35.4 Å². The molecule has 4 nitrogen and oxygen atoms in total. The molecule has 1 heterocycles. The molecule has 0 radical (unpaired) electrons. The number of aliphatic imine (C=N–C) groups is 1. The molecule has 0 aliphatic heterocycles. The Morgan fingerprint density at radius 3 is 2.70 bits per heavy atom. The summed E-state index contributed by atoms with van der Waals surface area (Å²) >= 11 is 3.51. The van der Waals surface area contributed by atoms with Crippen molar-refractivity contribution in [3.05, 3.63) is 22.4 Å². The van der Waals surface area contributed by atoms with E-state index in [1.165, 1.54) is 12.1 Å². The summed E-state index contributed by atoms with van der Waals surface area (Å²) in [5, 5.41) is 3.46. The van der Waals surface area contributed by atoms with Crippen molar-refractivity contribution in [2.24, 2.45) is 23.9 Å². The third-order valence-corrected chi connectivity index (χ3v) is 4.28. The Morgan fingerprint density at radius 1 is 1.60 bits per heavy atom. The van der Waals surface area contributed by atoms with Gasteiger partial charge in [0.1, 0.15) is 0 Å². The first kappa shape index (κ1) is 17.8. The first-order valence-electron chi connectivity index (χ1n) is 6.73. The number of nitrogens with one attached hydrogen (secondary N) is 1. The van der Waals surface area contributed by atoms with Gasteiger partial charge in [-0.1, -0.05) is 6.92 Å². The molecular weight excluding hydrogens is 431 g/mol. The zero-order chi connectivity index (χ0) is 14.0. The maximum Gasteiger partial charge on any atom is 0.193 e. The molecular formula is C14H24BrIN4. The second-order valence-corrected chi connectivity index (χ2v) is 6.43. The number of rotatable bonds is 4. The van der Waals surface area contributed by atoms with Gasteiger partial charge in [0.05, 0.1) is 6.54 Å². The van der Waals surface area contributed by atoms with Crippen LogP contribution in [0.15, 0.2) is 21.7 Å². The second-order valence-electron chi connectivity index (χ2n) is 5.52. The van der Waals surface area contributed by atoms with Crippen LogP contribution in [0.25, 0.3) is 0 Å². The van der Waals surface area contributed by atoms with Gasteiger partial charge in [-0.2, -0.15) is 0 Å². The first-order chi connectivity index (χ1) is 9.01. The van der Waals surface area contributed by atoms with Crippen molar-refractivity contribution in [3.8, 4) is 0 Å². The fraction of sp³-hybridized carbons (Fsp3) is 0.643. The normalized spacial score (nSPS) is 21.4. The van der Waals surface area contributed by atoms with Crippen molar-refractivity contribution in [1.29, 1.82) is 0 Å². The van der Waals surface area contributed by atoms with Gasteiger partial charge >= 0.3 is 0 Å². The molecule has 1 saturated carbocycles. The van der Waals surface area contributed by atoms with Crippen molar-refractivity contribution in [2.45, 2.75) is 19.9 Å². The lowest BCUT2D eigenvalue weighted by Gasteiger charge is -2.22. The largest absolute Gasteiger partial charge is 0.356 e. The van der Waals surface area contributed by atoms with E-state index in [-0.39, 0.29) is 24.0 Å². The smallest absolute Gasteiger partial charge is 0.193 e. The molecule has 0 saturated heterocycles. The summed E-state index contributed by atoms with van der Waals surface area (Å²) in [5.74, 6) is 2.67.